The predicted molar refractivity (Wildman–Crippen MR) is 75.1 cm³/mol. The smallest absolute Gasteiger partial charge is 0.339 e. The molecular formula is C16H21NO3. The van der Waals surface area contributed by atoms with Crippen LogP contribution in [0, 0.1) is 0 Å². The molecule has 2 aliphatic rings. The van der Waals surface area contributed by atoms with Crippen LogP contribution in [0.4, 0.5) is 0 Å². The molecule has 0 aromatic heterocycles. The van der Waals surface area contributed by atoms with Crippen molar-refractivity contribution in [1.82, 2.24) is 4.90 Å². The minimum atomic E-state index is -1.17. The van der Waals surface area contributed by atoms with Gasteiger partial charge in [-0.1, -0.05) is 30.3 Å². The Morgan fingerprint density at radius 3 is 2.45 bits per heavy atom. The van der Waals surface area contributed by atoms with Gasteiger partial charge in [-0.3, -0.25) is 0 Å². The van der Waals surface area contributed by atoms with Crippen LogP contribution in [0.3, 0.4) is 0 Å². The first-order chi connectivity index (χ1) is 9.65. The Balaban J connectivity index is 1.60. The zero-order chi connectivity index (χ0) is 14.1. The van der Waals surface area contributed by atoms with Gasteiger partial charge in [0.15, 0.2) is 6.10 Å². The molecule has 1 aromatic carbocycles. The third kappa shape index (κ3) is 2.58. The highest BCUT2D eigenvalue weighted by molar-refractivity contribution is 5.76. The number of ether oxygens (including phenoxy) is 1. The van der Waals surface area contributed by atoms with Gasteiger partial charge in [-0.25, -0.2) is 4.79 Å². The summed E-state index contributed by atoms with van der Waals surface area (Å²) >= 11 is 0. The van der Waals surface area contributed by atoms with Crippen molar-refractivity contribution in [1.29, 1.82) is 0 Å². The summed E-state index contributed by atoms with van der Waals surface area (Å²) in [6.45, 7) is 0. The van der Waals surface area contributed by atoms with Crippen molar-refractivity contribution in [2.24, 2.45) is 0 Å². The molecule has 3 atom stereocenters. The Hall–Kier alpha value is -1.39. The van der Waals surface area contributed by atoms with Crippen molar-refractivity contribution in [3.8, 4) is 0 Å². The van der Waals surface area contributed by atoms with Crippen LogP contribution in [0.1, 0.15) is 37.4 Å². The van der Waals surface area contributed by atoms with Crippen molar-refractivity contribution < 1.29 is 14.6 Å². The molecule has 2 fully saturated rings. The molecule has 0 radical (unpaired) electrons. The lowest BCUT2D eigenvalue weighted by atomic mass is 10.0. The van der Waals surface area contributed by atoms with Gasteiger partial charge in [0.25, 0.3) is 0 Å². The Bertz CT molecular complexity index is 462. The zero-order valence-electron chi connectivity index (χ0n) is 11.7. The van der Waals surface area contributed by atoms with E-state index in [1.54, 1.807) is 12.1 Å². The van der Waals surface area contributed by atoms with Gasteiger partial charge in [0.2, 0.25) is 0 Å². The number of hydrogen-bond donors (Lipinski definition) is 1. The molecule has 2 aliphatic heterocycles. The van der Waals surface area contributed by atoms with Crippen molar-refractivity contribution in [3.05, 3.63) is 35.9 Å². The van der Waals surface area contributed by atoms with E-state index in [4.69, 9.17) is 4.74 Å². The number of carbonyl (C=O) groups excluding carboxylic acids is 1. The molecule has 0 unspecified atom stereocenters. The first-order valence-electron chi connectivity index (χ1n) is 7.30. The van der Waals surface area contributed by atoms with Crippen LogP contribution in [-0.2, 0) is 9.53 Å². The maximum atomic E-state index is 12.0. The van der Waals surface area contributed by atoms with Gasteiger partial charge in [-0.05, 0) is 38.3 Å². The summed E-state index contributed by atoms with van der Waals surface area (Å²) in [5.41, 5.74) is 0.591. The maximum absolute atomic E-state index is 12.0. The second kappa shape index (κ2) is 5.54. The van der Waals surface area contributed by atoms with Gasteiger partial charge in [-0.2, -0.15) is 0 Å². The average molecular weight is 275 g/mol. The molecule has 4 nitrogen and oxygen atoms in total. The number of piperidine rings is 1. The summed E-state index contributed by atoms with van der Waals surface area (Å²) in [6, 6.07) is 10.0. The summed E-state index contributed by atoms with van der Waals surface area (Å²) in [4.78, 5) is 14.4. The minimum Gasteiger partial charge on any atom is -0.460 e. The van der Waals surface area contributed by atoms with Crippen LogP contribution in [0.15, 0.2) is 30.3 Å². The van der Waals surface area contributed by atoms with Crippen molar-refractivity contribution in [2.75, 3.05) is 7.05 Å². The molecule has 4 heteroatoms. The summed E-state index contributed by atoms with van der Waals surface area (Å²) < 4.78 is 5.52. The van der Waals surface area contributed by atoms with Crippen molar-refractivity contribution in [2.45, 2.75) is 50.0 Å². The molecule has 2 bridgehead atoms. The summed E-state index contributed by atoms with van der Waals surface area (Å²) in [5, 5.41) is 10.0. The third-order valence-electron chi connectivity index (χ3n) is 4.68. The van der Waals surface area contributed by atoms with Gasteiger partial charge >= 0.3 is 5.97 Å². The van der Waals surface area contributed by atoms with Crippen LogP contribution in [0.25, 0.3) is 0 Å². The normalized spacial score (nSPS) is 31.0. The number of carbonyl (C=O) groups is 1. The van der Waals surface area contributed by atoms with Gasteiger partial charge < -0.3 is 14.7 Å². The van der Waals surface area contributed by atoms with E-state index in [0.717, 1.165) is 12.8 Å². The molecule has 2 heterocycles. The van der Waals surface area contributed by atoms with Gasteiger partial charge in [0.05, 0.1) is 0 Å². The van der Waals surface area contributed by atoms with E-state index < -0.39 is 12.1 Å². The highest BCUT2D eigenvalue weighted by Crippen LogP contribution is 2.35. The van der Waals surface area contributed by atoms with Crippen LogP contribution >= 0.6 is 0 Å². The lowest BCUT2D eigenvalue weighted by molar-refractivity contribution is -0.162. The maximum Gasteiger partial charge on any atom is 0.339 e. The lowest BCUT2D eigenvalue weighted by Crippen LogP contribution is -2.43. The summed E-state index contributed by atoms with van der Waals surface area (Å²) in [6.07, 6.45) is 2.94. The highest BCUT2D eigenvalue weighted by Gasteiger charge is 2.40. The second-order valence-electron chi connectivity index (χ2n) is 5.89. The molecule has 0 aliphatic carbocycles. The number of benzene rings is 1. The molecule has 0 amide bonds. The van der Waals surface area contributed by atoms with Crippen molar-refractivity contribution >= 4 is 5.97 Å². The van der Waals surface area contributed by atoms with E-state index in [1.165, 1.54) is 12.8 Å². The highest BCUT2D eigenvalue weighted by atomic mass is 16.6. The quantitative estimate of drug-likeness (QED) is 0.856. The van der Waals surface area contributed by atoms with Gasteiger partial charge in [0.1, 0.15) is 6.10 Å². The number of aliphatic hydroxyl groups is 1. The number of nitrogens with zero attached hydrogens (tertiary/aromatic N) is 1. The van der Waals surface area contributed by atoms with E-state index in [1.807, 2.05) is 18.2 Å². The summed E-state index contributed by atoms with van der Waals surface area (Å²) in [5.74, 6) is -0.523. The molecule has 1 aromatic rings. The molecule has 0 saturated carbocycles. The van der Waals surface area contributed by atoms with E-state index in [9.17, 15) is 9.90 Å². The van der Waals surface area contributed by atoms with Gasteiger partial charge in [-0.15, -0.1) is 0 Å². The Morgan fingerprint density at radius 1 is 1.25 bits per heavy atom. The number of hydrogen-bond acceptors (Lipinski definition) is 4. The zero-order valence-corrected chi connectivity index (χ0v) is 11.7. The Kier molecular flexibility index (Phi) is 3.76. The molecule has 0 spiro atoms. The van der Waals surface area contributed by atoms with Crippen LogP contribution < -0.4 is 0 Å². The SMILES string of the molecule is CN1[C@@H]2CC[C@@H]1CC(OC(=O)[C@@H](O)c1ccccc1)C2. The van der Waals surface area contributed by atoms with Crippen LogP contribution in [0.2, 0.25) is 0 Å². The van der Waals surface area contributed by atoms with Gasteiger partial charge in [0, 0.05) is 12.1 Å². The molecule has 108 valence electrons. The first kappa shape index (κ1) is 13.6. The van der Waals surface area contributed by atoms with Crippen LogP contribution in [0.5, 0.6) is 0 Å². The Morgan fingerprint density at radius 2 is 1.85 bits per heavy atom. The average Bonchev–Trinajstić information content (AvgIpc) is 2.69. The third-order valence-corrected chi connectivity index (χ3v) is 4.68. The van der Waals surface area contributed by atoms with Crippen LogP contribution in [-0.4, -0.2) is 41.2 Å². The largest absolute Gasteiger partial charge is 0.460 e. The summed E-state index contributed by atoms with van der Waals surface area (Å²) in [7, 11) is 2.15. The molecule has 20 heavy (non-hydrogen) atoms. The standard InChI is InChI=1S/C16H21NO3/c1-17-12-7-8-13(17)10-14(9-12)20-16(19)15(18)11-5-3-2-4-6-11/h2-6,12-15,18H,7-10H2,1H3/t12-,13-,15+/m1/s1. The number of esters is 1. The molecule has 2 saturated heterocycles. The monoisotopic (exact) mass is 275 g/mol. The number of aliphatic hydroxyl groups excluding tert-OH is 1. The first-order valence-corrected chi connectivity index (χ1v) is 7.30. The Labute approximate surface area is 119 Å². The minimum absolute atomic E-state index is 0.0467. The molecule has 1 N–H and O–H groups in total. The second-order valence-corrected chi connectivity index (χ2v) is 5.89. The van der Waals surface area contributed by atoms with Crippen molar-refractivity contribution in [3.63, 3.8) is 0 Å². The predicted octanol–water partition coefficient (Wildman–Crippen LogP) is 1.89. The fraction of sp³-hybridized carbons (Fsp3) is 0.562. The van der Waals surface area contributed by atoms with E-state index >= 15 is 0 Å². The topological polar surface area (TPSA) is 49.8 Å². The van der Waals surface area contributed by atoms with E-state index in [-0.39, 0.29) is 6.10 Å². The lowest BCUT2D eigenvalue weighted by Gasteiger charge is -2.36. The molecular weight excluding hydrogens is 254 g/mol. The number of rotatable bonds is 3. The molecule has 3 rings (SSSR count). The number of fused-ring (bicyclic) bond motifs is 2. The fourth-order valence-electron chi connectivity index (χ4n) is 3.46. The van der Waals surface area contributed by atoms with E-state index in [0.29, 0.717) is 17.6 Å². The fourth-order valence-corrected chi connectivity index (χ4v) is 3.46. The van der Waals surface area contributed by atoms with E-state index in [2.05, 4.69) is 11.9 Å².